The largest absolute Gasteiger partial charge is 0.298 e. The number of thiophene rings is 1. The van der Waals surface area contributed by atoms with Crippen LogP contribution in [0.25, 0.3) is 10.6 Å². The molecule has 18 heavy (non-hydrogen) atoms. The number of halogens is 1. The molecule has 0 radical (unpaired) electrons. The summed E-state index contributed by atoms with van der Waals surface area (Å²) in [5.41, 5.74) is 1.45. The van der Waals surface area contributed by atoms with Gasteiger partial charge in [-0.1, -0.05) is 13.8 Å². The van der Waals surface area contributed by atoms with Crippen LogP contribution in [-0.2, 0) is 0 Å². The zero-order chi connectivity index (χ0) is 13.1. The quantitative estimate of drug-likeness (QED) is 0.755. The van der Waals surface area contributed by atoms with E-state index in [9.17, 15) is 4.79 Å². The Morgan fingerprint density at radius 1 is 1.44 bits per heavy atom. The van der Waals surface area contributed by atoms with Crippen molar-refractivity contribution in [1.82, 2.24) is 9.78 Å². The number of aromatic nitrogens is 2. The van der Waals surface area contributed by atoms with E-state index in [1.54, 1.807) is 11.3 Å². The molecule has 0 spiro atoms. The second kappa shape index (κ2) is 5.80. The van der Waals surface area contributed by atoms with Crippen LogP contribution in [0.1, 0.15) is 43.1 Å². The van der Waals surface area contributed by atoms with Crippen LogP contribution in [0.2, 0.25) is 0 Å². The molecule has 0 N–H and O–H groups in total. The average molecular weight is 327 g/mol. The molecule has 2 rings (SSSR count). The van der Waals surface area contributed by atoms with Gasteiger partial charge in [0.05, 0.1) is 20.3 Å². The molecule has 0 aliphatic carbocycles. The van der Waals surface area contributed by atoms with Crippen molar-refractivity contribution in [2.24, 2.45) is 0 Å². The molecule has 2 aromatic heterocycles. The summed E-state index contributed by atoms with van der Waals surface area (Å²) in [6.07, 6.45) is 4.77. The maximum absolute atomic E-state index is 11.2. The van der Waals surface area contributed by atoms with Crippen LogP contribution in [-0.4, -0.2) is 16.1 Å². The lowest BCUT2D eigenvalue weighted by molar-refractivity contribution is 0.112. The summed E-state index contributed by atoms with van der Waals surface area (Å²) < 4.78 is 2.97. The number of hydrogen-bond acceptors (Lipinski definition) is 3. The molecule has 0 aliphatic heterocycles. The lowest BCUT2D eigenvalue weighted by Gasteiger charge is -2.12. The highest BCUT2D eigenvalue weighted by Crippen LogP contribution is 2.32. The van der Waals surface area contributed by atoms with Gasteiger partial charge in [0.1, 0.15) is 5.69 Å². The second-order valence-corrected chi connectivity index (χ2v) is 6.57. The van der Waals surface area contributed by atoms with E-state index in [2.05, 4.69) is 34.9 Å². The minimum Gasteiger partial charge on any atom is -0.298 e. The molecule has 2 heterocycles. The summed E-state index contributed by atoms with van der Waals surface area (Å²) in [4.78, 5) is 12.2. The van der Waals surface area contributed by atoms with E-state index in [0.29, 0.717) is 11.6 Å². The van der Waals surface area contributed by atoms with E-state index in [4.69, 9.17) is 0 Å². The van der Waals surface area contributed by atoms with E-state index in [1.807, 2.05) is 23.0 Å². The van der Waals surface area contributed by atoms with Gasteiger partial charge in [0.25, 0.3) is 0 Å². The summed E-state index contributed by atoms with van der Waals surface area (Å²) in [5, 5.41) is 4.58. The Hall–Kier alpha value is -0.940. The zero-order valence-electron chi connectivity index (χ0n) is 10.4. The molecule has 0 saturated heterocycles. The van der Waals surface area contributed by atoms with E-state index in [-0.39, 0.29) is 0 Å². The van der Waals surface area contributed by atoms with Crippen LogP contribution in [0.15, 0.2) is 22.1 Å². The van der Waals surface area contributed by atoms with Crippen LogP contribution in [0.3, 0.4) is 0 Å². The Morgan fingerprint density at radius 2 is 2.17 bits per heavy atom. The van der Waals surface area contributed by atoms with Gasteiger partial charge in [0, 0.05) is 6.20 Å². The molecule has 0 fully saturated rings. The SMILES string of the molecule is CCC(CC)n1cc(C=O)c(-c2ccc(Br)s2)n1. The van der Waals surface area contributed by atoms with Gasteiger partial charge >= 0.3 is 0 Å². The van der Waals surface area contributed by atoms with Gasteiger partial charge in [-0.05, 0) is 40.9 Å². The summed E-state index contributed by atoms with van der Waals surface area (Å²) in [5.74, 6) is 0. The normalized spacial score (nSPS) is 11.1. The fourth-order valence-corrected chi connectivity index (χ4v) is 3.37. The zero-order valence-corrected chi connectivity index (χ0v) is 12.8. The topological polar surface area (TPSA) is 34.9 Å². The minimum atomic E-state index is 0.362. The predicted molar refractivity (Wildman–Crippen MR) is 78.2 cm³/mol. The Labute approximate surface area is 119 Å². The molecule has 0 bridgehead atoms. The van der Waals surface area contributed by atoms with Crippen molar-refractivity contribution in [2.45, 2.75) is 32.7 Å². The van der Waals surface area contributed by atoms with Crippen LogP contribution in [0, 0.1) is 0 Å². The molecule has 0 aromatic carbocycles. The van der Waals surface area contributed by atoms with Crippen molar-refractivity contribution in [3.05, 3.63) is 27.7 Å². The Balaban J connectivity index is 2.44. The van der Waals surface area contributed by atoms with Gasteiger partial charge in [-0.15, -0.1) is 11.3 Å². The minimum absolute atomic E-state index is 0.362. The van der Waals surface area contributed by atoms with Crippen molar-refractivity contribution < 1.29 is 4.79 Å². The first-order valence-corrected chi connectivity index (χ1v) is 7.60. The third-order valence-corrected chi connectivity index (χ3v) is 4.64. The van der Waals surface area contributed by atoms with Crippen LogP contribution < -0.4 is 0 Å². The smallest absolute Gasteiger partial charge is 0.153 e. The molecule has 2 aromatic rings. The van der Waals surface area contributed by atoms with E-state index in [0.717, 1.165) is 33.5 Å². The Morgan fingerprint density at radius 3 is 2.67 bits per heavy atom. The first-order valence-electron chi connectivity index (χ1n) is 5.99. The fourth-order valence-electron chi connectivity index (χ4n) is 1.97. The summed E-state index contributed by atoms with van der Waals surface area (Å²) in [6, 6.07) is 4.33. The fraction of sp³-hybridized carbons (Fsp3) is 0.385. The first kappa shape index (κ1) is 13.5. The van der Waals surface area contributed by atoms with E-state index in [1.165, 1.54) is 0 Å². The summed E-state index contributed by atoms with van der Waals surface area (Å²) >= 11 is 5.03. The van der Waals surface area contributed by atoms with Crippen molar-refractivity contribution in [1.29, 1.82) is 0 Å². The molecule has 3 nitrogen and oxygen atoms in total. The van der Waals surface area contributed by atoms with Gasteiger partial charge in [0.2, 0.25) is 0 Å². The van der Waals surface area contributed by atoms with Gasteiger partial charge in [0.15, 0.2) is 6.29 Å². The molecule has 0 unspecified atom stereocenters. The third kappa shape index (κ3) is 2.57. The number of carbonyl (C=O) groups excluding carboxylic acids is 1. The second-order valence-electron chi connectivity index (χ2n) is 4.10. The molecule has 0 amide bonds. The molecule has 0 aliphatic rings. The average Bonchev–Trinajstić information content (AvgIpc) is 2.97. The molecule has 5 heteroatoms. The first-order chi connectivity index (χ1) is 8.69. The lowest BCUT2D eigenvalue weighted by Crippen LogP contribution is -2.07. The number of rotatable bonds is 5. The van der Waals surface area contributed by atoms with Gasteiger partial charge in [-0.3, -0.25) is 9.48 Å². The van der Waals surface area contributed by atoms with Gasteiger partial charge < -0.3 is 0 Å². The van der Waals surface area contributed by atoms with E-state index < -0.39 is 0 Å². The van der Waals surface area contributed by atoms with Gasteiger partial charge in [-0.2, -0.15) is 5.10 Å². The van der Waals surface area contributed by atoms with Crippen molar-refractivity contribution in [2.75, 3.05) is 0 Å². The maximum Gasteiger partial charge on any atom is 0.153 e. The highest BCUT2D eigenvalue weighted by Gasteiger charge is 2.15. The molecule has 96 valence electrons. The molecule has 0 atom stereocenters. The van der Waals surface area contributed by atoms with Crippen molar-refractivity contribution in [3.8, 4) is 10.6 Å². The van der Waals surface area contributed by atoms with Crippen molar-refractivity contribution in [3.63, 3.8) is 0 Å². The highest BCUT2D eigenvalue weighted by molar-refractivity contribution is 9.11. The summed E-state index contributed by atoms with van der Waals surface area (Å²) in [7, 11) is 0. The Bertz CT molecular complexity index is 543. The number of nitrogens with zero attached hydrogens (tertiary/aromatic N) is 2. The summed E-state index contributed by atoms with van der Waals surface area (Å²) in [6.45, 7) is 4.27. The monoisotopic (exact) mass is 326 g/mol. The molecular formula is C13H15BrN2OS. The van der Waals surface area contributed by atoms with E-state index >= 15 is 0 Å². The molecule has 0 saturated carbocycles. The van der Waals surface area contributed by atoms with Crippen LogP contribution >= 0.6 is 27.3 Å². The van der Waals surface area contributed by atoms with Crippen LogP contribution in [0.4, 0.5) is 0 Å². The standard InChI is InChI=1S/C13H15BrN2OS/c1-3-10(4-2)16-7-9(8-17)13(15-16)11-5-6-12(14)18-11/h5-8,10H,3-4H2,1-2H3. The van der Waals surface area contributed by atoms with Crippen molar-refractivity contribution >= 4 is 33.6 Å². The van der Waals surface area contributed by atoms with Crippen LogP contribution in [0.5, 0.6) is 0 Å². The number of hydrogen-bond donors (Lipinski definition) is 0. The highest BCUT2D eigenvalue weighted by atomic mass is 79.9. The maximum atomic E-state index is 11.2. The molecular weight excluding hydrogens is 312 g/mol. The Kier molecular flexibility index (Phi) is 4.35. The number of aldehydes is 1. The third-order valence-electron chi connectivity index (χ3n) is 3.01. The van der Waals surface area contributed by atoms with Gasteiger partial charge in [-0.25, -0.2) is 0 Å². The number of carbonyl (C=O) groups is 1. The lowest BCUT2D eigenvalue weighted by atomic mass is 10.2. The predicted octanol–water partition coefficient (Wildman–Crippen LogP) is 4.55.